The van der Waals surface area contributed by atoms with E-state index in [1.807, 2.05) is 13.8 Å². The molecular weight excluding hydrogens is 266 g/mol. The summed E-state index contributed by atoms with van der Waals surface area (Å²) >= 11 is 5.95. The van der Waals surface area contributed by atoms with E-state index in [4.69, 9.17) is 16.3 Å². The van der Waals surface area contributed by atoms with Crippen LogP contribution in [0.25, 0.3) is 0 Å². The van der Waals surface area contributed by atoms with Gasteiger partial charge in [0.1, 0.15) is 11.5 Å². The first-order chi connectivity index (χ1) is 9.06. The van der Waals surface area contributed by atoms with Gasteiger partial charge >= 0.3 is 0 Å². The molecule has 0 saturated heterocycles. The first kappa shape index (κ1) is 15.9. The van der Waals surface area contributed by atoms with Crippen molar-refractivity contribution in [3.8, 4) is 0 Å². The third kappa shape index (κ3) is 5.12. The highest BCUT2D eigenvalue weighted by Gasteiger charge is 2.14. The Bertz CT molecular complexity index is 424. The van der Waals surface area contributed by atoms with Gasteiger partial charge in [0, 0.05) is 26.2 Å². The number of aromatic nitrogens is 2. The number of nitrogens with zero attached hydrogens (tertiary/aromatic N) is 2. The maximum absolute atomic E-state index is 12.0. The monoisotopic (exact) mass is 285 g/mol. The molecular formula is C13H20ClN3O2. The number of carbonyl (C=O) groups is 1. The molecule has 6 heteroatoms. The first-order valence-corrected chi connectivity index (χ1v) is 6.73. The number of ether oxygens (including phenoxy) is 1. The van der Waals surface area contributed by atoms with Crippen LogP contribution in [0.15, 0.2) is 6.20 Å². The minimum atomic E-state index is -0.258. The molecule has 0 aromatic carbocycles. The van der Waals surface area contributed by atoms with E-state index in [0.717, 1.165) is 12.8 Å². The molecule has 0 aliphatic heterocycles. The van der Waals surface area contributed by atoms with Crippen LogP contribution >= 0.6 is 11.6 Å². The number of hydrogen-bond donors (Lipinski definition) is 1. The van der Waals surface area contributed by atoms with Gasteiger partial charge in [0.15, 0.2) is 0 Å². The van der Waals surface area contributed by atoms with E-state index in [1.54, 1.807) is 7.11 Å². The SMILES string of the molecule is COCCCCNC(=O)c1nc(C(C)C)ncc1Cl. The van der Waals surface area contributed by atoms with Crippen LogP contribution < -0.4 is 5.32 Å². The number of methoxy groups -OCH3 is 1. The maximum Gasteiger partial charge on any atom is 0.271 e. The molecule has 0 fully saturated rings. The van der Waals surface area contributed by atoms with Gasteiger partial charge in [0.05, 0.1) is 11.2 Å². The Balaban J connectivity index is 2.58. The molecule has 0 aliphatic rings. The number of unbranched alkanes of at least 4 members (excludes halogenated alkanes) is 1. The Kier molecular flexibility index (Phi) is 6.73. The zero-order valence-electron chi connectivity index (χ0n) is 11.6. The van der Waals surface area contributed by atoms with Crippen molar-refractivity contribution < 1.29 is 9.53 Å². The summed E-state index contributed by atoms with van der Waals surface area (Å²) in [5, 5.41) is 3.07. The van der Waals surface area contributed by atoms with Crippen molar-refractivity contribution in [3.63, 3.8) is 0 Å². The minimum Gasteiger partial charge on any atom is -0.385 e. The van der Waals surface area contributed by atoms with Crippen LogP contribution in [-0.2, 0) is 4.74 Å². The van der Waals surface area contributed by atoms with Gasteiger partial charge in [-0.1, -0.05) is 25.4 Å². The van der Waals surface area contributed by atoms with Gasteiger partial charge in [-0.3, -0.25) is 4.79 Å². The number of hydrogen-bond acceptors (Lipinski definition) is 4. The standard InChI is InChI=1S/C13H20ClN3O2/c1-9(2)12-16-8-10(14)11(17-12)13(18)15-6-4-5-7-19-3/h8-9H,4-7H2,1-3H3,(H,15,18). The molecule has 0 atom stereocenters. The quantitative estimate of drug-likeness (QED) is 0.782. The van der Waals surface area contributed by atoms with E-state index >= 15 is 0 Å². The van der Waals surface area contributed by atoms with Gasteiger partial charge in [-0.25, -0.2) is 9.97 Å². The molecule has 0 aliphatic carbocycles. The number of amides is 1. The molecule has 5 nitrogen and oxygen atoms in total. The van der Waals surface area contributed by atoms with Gasteiger partial charge in [-0.05, 0) is 12.8 Å². The zero-order valence-corrected chi connectivity index (χ0v) is 12.3. The van der Waals surface area contributed by atoms with Crippen LogP contribution in [0.4, 0.5) is 0 Å². The molecule has 19 heavy (non-hydrogen) atoms. The highest BCUT2D eigenvalue weighted by molar-refractivity contribution is 6.33. The van der Waals surface area contributed by atoms with E-state index in [1.165, 1.54) is 6.20 Å². The second-order valence-corrected chi connectivity index (χ2v) is 4.94. The normalized spacial score (nSPS) is 10.8. The highest BCUT2D eigenvalue weighted by Crippen LogP contribution is 2.16. The number of nitrogens with one attached hydrogen (secondary N) is 1. The summed E-state index contributed by atoms with van der Waals surface area (Å²) in [7, 11) is 1.66. The molecule has 1 rings (SSSR count). The van der Waals surface area contributed by atoms with Crippen LogP contribution in [0.1, 0.15) is 48.9 Å². The van der Waals surface area contributed by atoms with Crippen LogP contribution in [0.3, 0.4) is 0 Å². The second-order valence-electron chi connectivity index (χ2n) is 4.54. The summed E-state index contributed by atoms with van der Waals surface area (Å²) in [4.78, 5) is 20.3. The minimum absolute atomic E-state index is 0.158. The Labute approximate surface area is 118 Å². The summed E-state index contributed by atoms with van der Waals surface area (Å²) in [6, 6.07) is 0. The summed E-state index contributed by atoms with van der Waals surface area (Å²) in [5.74, 6) is 0.520. The summed E-state index contributed by atoms with van der Waals surface area (Å²) in [6.07, 6.45) is 3.24. The van der Waals surface area contributed by atoms with Crippen molar-refractivity contribution in [2.45, 2.75) is 32.6 Å². The van der Waals surface area contributed by atoms with E-state index in [2.05, 4.69) is 15.3 Å². The van der Waals surface area contributed by atoms with Crippen molar-refractivity contribution in [1.29, 1.82) is 0 Å². The number of rotatable bonds is 7. The molecule has 1 heterocycles. The largest absolute Gasteiger partial charge is 0.385 e. The van der Waals surface area contributed by atoms with Gasteiger partial charge in [-0.2, -0.15) is 0 Å². The molecule has 1 amide bonds. The van der Waals surface area contributed by atoms with Crippen LogP contribution in [0.2, 0.25) is 5.02 Å². The van der Waals surface area contributed by atoms with Crippen molar-refractivity contribution in [1.82, 2.24) is 15.3 Å². The molecule has 106 valence electrons. The van der Waals surface area contributed by atoms with Gasteiger partial charge in [0.25, 0.3) is 5.91 Å². The van der Waals surface area contributed by atoms with Crippen molar-refractivity contribution in [3.05, 3.63) is 22.7 Å². The van der Waals surface area contributed by atoms with Crippen molar-refractivity contribution in [2.75, 3.05) is 20.3 Å². The molecule has 0 saturated carbocycles. The zero-order chi connectivity index (χ0) is 14.3. The Hall–Kier alpha value is -1.20. The first-order valence-electron chi connectivity index (χ1n) is 6.35. The van der Waals surface area contributed by atoms with Gasteiger partial charge < -0.3 is 10.1 Å². The van der Waals surface area contributed by atoms with Crippen LogP contribution in [0, 0.1) is 0 Å². The lowest BCUT2D eigenvalue weighted by atomic mass is 10.2. The van der Waals surface area contributed by atoms with E-state index < -0.39 is 0 Å². The predicted octanol–water partition coefficient (Wildman–Crippen LogP) is 2.41. The molecule has 0 radical (unpaired) electrons. The molecule has 1 aromatic heterocycles. The smallest absolute Gasteiger partial charge is 0.271 e. The summed E-state index contributed by atoms with van der Waals surface area (Å²) in [5.41, 5.74) is 0.243. The Morgan fingerprint density at radius 3 is 2.84 bits per heavy atom. The number of carbonyl (C=O) groups excluding carboxylic acids is 1. The average molecular weight is 286 g/mol. The maximum atomic E-state index is 12.0. The predicted molar refractivity (Wildman–Crippen MR) is 74.6 cm³/mol. The molecule has 0 spiro atoms. The second kappa shape index (κ2) is 8.07. The van der Waals surface area contributed by atoms with Crippen LogP contribution in [0.5, 0.6) is 0 Å². The molecule has 0 bridgehead atoms. The highest BCUT2D eigenvalue weighted by atomic mass is 35.5. The third-order valence-corrected chi connectivity index (χ3v) is 2.83. The van der Waals surface area contributed by atoms with Gasteiger partial charge in [-0.15, -0.1) is 0 Å². The van der Waals surface area contributed by atoms with Gasteiger partial charge in [0.2, 0.25) is 0 Å². The topological polar surface area (TPSA) is 64.1 Å². The fourth-order valence-electron chi connectivity index (χ4n) is 1.48. The average Bonchev–Trinajstić information content (AvgIpc) is 2.38. The van der Waals surface area contributed by atoms with E-state index in [0.29, 0.717) is 19.0 Å². The molecule has 1 aromatic rings. The molecule has 1 N–H and O–H groups in total. The lowest BCUT2D eigenvalue weighted by Crippen LogP contribution is -2.26. The third-order valence-electron chi connectivity index (χ3n) is 2.56. The number of halogens is 1. The van der Waals surface area contributed by atoms with E-state index in [-0.39, 0.29) is 22.5 Å². The fourth-order valence-corrected chi connectivity index (χ4v) is 1.65. The van der Waals surface area contributed by atoms with Crippen molar-refractivity contribution >= 4 is 17.5 Å². The summed E-state index contributed by atoms with van der Waals surface area (Å²) in [6.45, 7) is 5.21. The summed E-state index contributed by atoms with van der Waals surface area (Å²) < 4.78 is 4.94. The van der Waals surface area contributed by atoms with E-state index in [9.17, 15) is 4.79 Å². The molecule has 0 unspecified atom stereocenters. The van der Waals surface area contributed by atoms with Crippen molar-refractivity contribution in [2.24, 2.45) is 0 Å². The van der Waals surface area contributed by atoms with Crippen LogP contribution in [-0.4, -0.2) is 36.1 Å². The Morgan fingerprint density at radius 2 is 2.21 bits per heavy atom. The lowest BCUT2D eigenvalue weighted by Gasteiger charge is -2.08. The Morgan fingerprint density at radius 1 is 1.47 bits per heavy atom. The lowest BCUT2D eigenvalue weighted by molar-refractivity contribution is 0.0946. The fraction of sp³-hybridized carbons (Fsp3) is 0.615.